The highest BCUT2D eigenvalue weighted by molar-refractivity contribution is 7.85. The van der Waals surface area contributed by atoms with E-state index in [9.17, 15) is 4.21 Å². The fourth-order valence-corrected chi connectivity index (χ4v) is 12.4. The van der Waals surface area contributed by atoms with E-state index in [0.717, 1.165) is 0 Å². The van der Waals surface area contributed by atoms with Crippen molar-refractivity contribution in [2.75, 3.05) is 24.7 Å². The summed E-state index contributed by atoms with van der Waals surface area (Å²) >= 11 is 0. The molecule has 2 saturated carbocycles. The Labute approximate surface area is 313 Å². The van der Waals surface area contributed by atoms with E-state index in [1.54, 1.807) is 13.8 Å². The van der Waals surface area contributed by atoms with E-state index in [1.807, 2.05) is 13.8 Å². The maximum absolute atomic E-state index is 15.2. The molecular weight excluding hydrogens is 754 g/mol. The zero-order valence-electron chi connectivity index (χ0n) is 31.4. The molecule has 4 bridgehead atoms. The molecule has 8 aliphatic heterocycles. The van der Waals surface area contributed by atoms with E-state index in [0.29, 0.717) is 51.4 Å². The number of fused-ring (bicyclic) bond motifs is 4. The third-order valence-corrected chi connectivity index (χ3v) is 15.8. The largest absolute Gasteiger partial charge is 0.443 e. The SMILES string of the molecule is C[C@@H]1CC[C@H]2[C@@H](C)[C@](OCCS(=O)CCO[C@@]3(C(F)(F)F)O[C@@H]4O[C@]5(C)CC[C@H]6[C@H](C)CC[C@@H]([C@H]3C)[C@@]46OO5)(C(F)(F)F)O[C@@H]3O[C@]4(C)CC[C@@H]1[C@]32OO4. The van der Waals surface area contributed by atoms with Crippen molar-refractivity contribution >= 4 is 10.8 Å². The zero-order chi connectivity index (χ0) is 38.9. The van der Waals surface area contributed by atoms with Crippen LogP contribution >= 0.6 is 0 Å². The minimum absolute atomic E-state index is 0.125. The van der Waals surface area contributed by atoms with Crippen LogP contribution in [0.5, 0.6) is 0 Å². The Bertz CT molecular complexity index is 1370. The fourth-order valence-electron chi connectivity index (χ4n) is 11.7. The molecule has 10 rings (SSSR count). The van der Waals surface area contributed by atoms with Crippen molar-refractivity contribution in [1.29, 1.82) is 0 Å². The molecule has 0 unspecified atom stereocenters. The van der Waals surface area contributed by atoms with Crippen LogP contribution in [0.25, 0.3) is 0 Å². The number of alkyl halides is 6. The molecule has 0 aromatic rings. The lowest BCUT2D eigenvalue weighted by Crippen LogP contribution is -2.76. The van der Waals surface area contributed by atoms with Gasteiger partial charge in [0.25, 0.3) is 11.6 Å². The Kier molecular flexibility index (Phi) is 9.78. The lowest BCUT2D eigenvalue weighted by atomic mass is 9.57. The van der Waals surface area contributed by atoms with Gasteiger partial charge < -0.3 is 28.4 Å². The van der Waals surface area contributed by atoms with Crippen LogP contribution in [0.15, 0.2) is 0 Å². The number of ether oxygens (including phenoxy) is 6. The van der Waals surface area contributed by atoms with Crippen LogP contribution in [0.3, 0.4) is 0 Å². The van der Waals surface area contributed by atoms with Crippen LogP contribution in [0, 0.1) is 47.3 Å². The van der Waals surface area contributed by atoms with Crippen molar-refractivity contribution in [1.82, 2.24) is 0 Å². The monoisotopic (exact) mass is 806 g/mol. The van der Waals surface area contributed by atoms with E-state index in [-0.39, 0.29) is 23.7 Å². The predicted octanol–water partition coefficient (Wildman–Crippen LogP) is 7.05. The van der Waals surface area contributed by atoms with Crippen molar-refractivity contribution in [2.45, 2.75) is 152 Å². The van der Waals surface area contributed by atoms with Gasteiger partial charge in [-0.15, -0.1) is 0 Å². The first-order valence-corrected chi connectivity index (χ1v) is 20.9. The minimum Gasteiger partial charge on any atom is -0.341 e. The number of halogens is 6. The molecule has 10 aliphatic rings. The first kappa shape index (κ1) is 40.1. The summed E-state index contributed by atoms with van der Waals surface area (Å²) in [7, 11) is -1.95. The third-order valence-electron chi connectivity index (χ3n) is 14.6. The molecule has 8 saturated heterocycles. The average Bonchev–Trinajstić information content (AvgIpc) is 3.46. The van der Waals surface area contributed by atoms with Gasteiger partial charge in [0.2, 0.25) is 11.6 Å². The Morgan fingerprint density at radius 1 is 0.574 bits per heavy atom. The topological polar surface area (TPSA) is 109 Å². The van der Waals surface area contributed by atoms with Crippen LogP contribution in [0.2, 0.25) is 0 Å². The van der Waals surface area contributed by atoms with E-state index in [1.165, 1.54) is 13.8 Å². The summed E-state index contributed by atoms with van der Waals surface area (Å²) in [4.78, 5) is 23.4. The quantitative estimate of drug-likeness (QED) is 0.186. The molecule has 54 heavy (non-hydrogen) atoms. The average molecular weight is 807 g/mol. The Hall–Kier alpha value is -0.670. The van der Waals surface area contributed by atoms with E-state index >= 15 is 26.3 Å². The van der Waals surface area contributed by atoms with Crippen molar-refractivity contribution in [2.24, 2.45) is 47.3 Å². The van der Waals surface area contributed by atoms with Crippen LogP contribution in [-0.4, -0.2) is 88.2 Å². The summed E-state index contributed by atoms with van der Waals surface area (Å²) in [6, 6.07) is 0. The highest BCUT2D eigenvalue weighted by Gasteiger charge is 2.79. The van der Waals surface area contributed by atoms with Gasteiger partial charge in [0, 0.05) is 58.8 Å². The summed E-state index contributed by atoms with van der Waals surface area (Å²) in [6.07, 6.45) is -8.78. The molecule has 11 nitrogen and oxygen atoms in total. The normalized spacial score (nSPS) is 52.8. The molecule has 2 spiro atoms. The number of rotatable bonds is 8. The van der Waals surface area contributed by atoms with Crippen molar-refractivity contribution in [3.63, 3.8) is 0 Å². The van der Waals surface area contributed by atoms with Crippen LogP contribution in [0.1, 0.15) is 92.9 Å². The number of hydrogen-bond donors (Lipinski definition) is 0. The molecule has 0 radical (unpaired) electrons. The Balaban J connectivity index is 0.960. The molecule has 10 fully saturated rings. The van der Waals surface area contributed by atoms with Gasteiger partial charge in [0.1, 0.15) is 0 Å². The second kappa shape index (κ2) is 13.2. The third kappa shape index (κ3) is 5.68. The molecule has 18 heteroatoms. The molecule has 0 aromatic carbocycles. The molecule has 0 amide bonds. The van der Waals surface area contributed by atoms with Gasteiger partial charge in [0.15, 0.2) is 23.8 Å². The van der Waals surface area contributed by atoms with E-state index in [4.69, 9.17) is 48.0 Å². The maximum atomic E-state index is 15.2. The Morgan fingerprint density at radius 2 is 0.963 bits per heavy atom. The maximum Gasteiger partial charge on any atom is 0.443 e. The van der Waals surface area contributed by atoms with Gasteiger partial charge in [-0.2, -0.15) is 26.3 Å². The molecule has 310 valence electrons. The predicted molar refractivity (Wildman–Crippen MR) is 173 cm³/mol. The van der Waals surface area contributed by atoms with Gasteiger partial charge >= 0.3 is 12.4 Å². The van der Waals surface area contributed by atoms with Gasteiger partial charge in [-0.05, 0) is 76.0 Å². The lowest BCUT2D eigenvalue weighted by molar-refractivity contribution is -0.598. The van der Waals surface area contributed by atoms with Crippen molar-refractivity contribution < 1.29 is 78.5 Å². The summed E-state index contributed by atoms with van der Waals surface area (Å²) in [6.45, 7) is 8.78. The molecule has 0 N–H and O–H groups in total. The summed E-state index contributed by atoms with van der Waals surface area (Å²) in [5.74, 6) is -13.8. The van der Waals surface area contributed by atoms with Crippen LogP contribution in [0.4, 0.5) is 26.3 Å². The zero-order valence-corrected chi connectivity index (χ0v) is 32.2. The lowest BCUT2D eigenvalue weighted by Gasteiger charge is -2.62. The molecule has 16 atom stereocenters. The van der Waals surface area contributed by atoms with Crippen LogP contribution < -0.4 is 0 Å². The van der Waals surface area contributed by atoms with E-state index < -0.39 is 118 Å². The highest BCUT2D eigenvalue weighted by Crippen LogP contribution is 2.66. The Morgan fingerprint density at radius 3 is 1.33 bits per heavy atom. The number of hydrogen-bond acceptors (Lipinski definition) is 11. The molecular formula is C36H52F6O11S. The van der Waals surface area contributed by atoms with Gasteiger partial charge in [-0.1, -0.05) is 27.7 Å². The van der Waals surface area contributed by atoms with Gasteiger partial charge in [-0.3, -0.25) is 4.21 Å². The van der Waals surface area contributed by atoms with Crippen molar-refractivity contribution in [3.8, 4) is 0 Å². The van der Waals surface area contributed by atoms with E-state index in [2.05, 4.69) is 0 Å². The molecule has 8 heterocycles. The standard InChI is InChI=1S/C36H52F6O11S/c1-19-7-9-25-21(3)33(35(37,38)39,48-27-31(25)23(19)11-13-29(5,46-27)50-52-31)44-15-17-54(43)18-16-45-34(36(40,41)42)22(4)26-10-8-20(2)24-12-14-30(6)47-28(49-34)32(24,26)53-51-30/h19-28H,7-18H2,1-6H3/t19-,20-,21-,22-,23+,24+,25+,26+,27+,28+,29+,30+,31-,32-,33-,34-/m1/s1. The molecule has 2 aliphatic carbocycles. The second-order valence-corrected chi connectivity index (χ2v) is 19.2. The summed E-state index contributed by atoms with van der Waals surface area (Å²) in [5, 5.41) is 0. The van der Waals surface area contributed by atoms with Gasteiger partial charge in [0.05, 0.1) is 13.2 Å². The van der Waals surface area contributed by atoms with Gasteiger partial charge in [-0.25, -0.2) is 19.6 Å². The summed E-state index contributed by atoms with van der Waals surface area (Å²) < 4.78 is 139. The first-order chi connectivity index (χ1) is 25.2. The first-order valence-electron chi connectivity index (χ1n) is 19.4. The highest BCUT2D eigenvalue weighted by atomic mass is 32.2. The fraction of sp³-hybridized carbons (Fsp3) is 1.00. The summed E-state index contributed by atoms with van der Waals surface area (Å²) in [5.41, 5.74) is -2.54. The second-order valence-electron chi connectivity index (χ2n) is 17.5. The van der Waals surface area contributed by atoms with Crippen LogP contribution in [-0.2, 0) is 58.8 Å². The minimum atomic E-state index is -5.03. The smallest absolute Gasteiger partial charge is 0.341 e. The molecule has 0 aromatic heterocycles. The van der Waals surface area contributed by atoms with Crippen molar-refractivity contribution in [3.05, 3.63) is 0 Å².